The Hall–Kier alpha value is -0.470. The fourth-order valence-electron chi connectivity index (χ4n) is 2.48. The van der Waals surface area contributed by atoms with E-state index in [9.17, 15) is 0 Å². The van der Waals surface area contributed by atoms with Gasteiger partial charge >= 0.3 is 0 Å². The molecule has 1 aliphatic rings. The second-order valence-electron chi connectivity index (χ2n) is 4.90. The maximum Gasteiger partial charge on any atom is 0.0329 e. The minimum atomic E-state index is 0.643. The summed E-state index contributed by atoms with van der Waals surface area (Å²) in [6, 6.07) is 0.643. The molecule has 2 nitrogen and oxygen atoms in total. The Morgan fingerprint density at radius 2 is 1.89 bits per heavy atom. The molecule has 0 amide bonds. The van der Waals surface area contributed by atoms with Crippen LogP contribution in [0.4, 0.5) is 0 Å². The molecule has 1 saturated heterocycles. The van der Waals surface area contributed by atoms with E-state index in [-0.39, 0.29) is 0 Å². The summed E-state index contributed by atoms with van der Waals surface area (Å²) in [6.45, 7) is 13.4. The predicted octanol–water partition coefficient (Wildman–Crippen LogP) is 3.84. The van der Waals surface area contributed by atoms with Crippen molar-refractivity contribution in [2.45, 2.75) is 46.6 Å². The van der Waals surface area contributed by atoms with Crippen molar-refractivity contribution in [1.29, 1.82) is 0 Å². The standard InChI is InChI=1S/C15H27ClN2/c1-5-14(16)8-9-15(6-2)18-11-10-17(7-3)13(4)12-18/h8-9,13H,5-7,10-12H2,1-4H3/b14-8+,15-9+. The number of hydrogen-bond acceptors (Lipinski definition) is 2. The number of piperazine rings is 1. The van der Waals surface area contributed by atoms with E-state index in [4.69, 9.17) is 11.6 Å². The quantitative estimate of drug-likeness (QED) is 0.701. The second-order valence-corrected chi connectivity index (χ2v) is 5.39. The predicted molar refractivity (Wildman–Crippen MR) is 80.9 cm³/mol. The summed E-state index contributed by atoms with van der Waals surface area (Å²) >= 11 is 6.07. The van der Waals surface area contributed by atoms with Gasteiger partial charge in [-0.3, -0.25) is 4.90 Å². The van der Waals surface area contributed by atoms with Gasteiger partial charge in [-0.05, 0) is 38.5 Å². The molecule has 1 fully saturated rings. The third kappa shape index (κ3) is 4.33. The number of allylic oxidation sites excluding steroid dienone is 4. The highest BCUT2D eigenvalue weighted by Gasteiger charge is 2.22. The van der Waals surface area contributed by atoms with Crippen LogP contribution in [0, 0.1) is 0 Å². The molecule has 1 aliphatic heterocycles. The lowest BCUT2D eigenvalue weighted by Crippen LogP contribution is -2.51. The maximum atomic E-state index is 6.07. The molecule has 0 spiro atoms. The summed E-state index contributed by atoms with van der Waals surface area (Å²) < 4.78 is 0. The highest BCUT2D eigenvalue weighted by atomic mass is 35.5. The molecular formula is C15H27ClN2. The van der Waals surface area contributed by atoms with Crippen LogP contribution in [0.1, 0.15) is 40.5 Å². The summed E-state index contributed by atoms with van der Waals surface area (Å²) in [7, 11) is 0. The zero-order valence-corrected chi connectivity index (χ0v) is 13.0. The molecule has 0 bridgehead atoms. The largest absolute Gasteiger partial charge is 0.372 e. The average Bonchev–Trinajstić information content (AvgIpc) is 2.39. The van der Waals surface area contributed by atoms with Crippen LogP contribution >= 0.6 is 11.6 Å². The van der Waals surface area contributed by atoms with Crippen LogP contribution in [0.25, 0.3) is 0 Å². The summed E-state index contributed by atoms with van der Waals surface area (Å²) in [4.78, 5) is 5.05. The molecule has 0 aromatic rings. The smallest absolute Gasteiger partial charge is 0.0329 e. The Balaban J connectivity index is 2.67. The molecule has 0 aromatic carbocycles. The molecule has 1 unspecified atom stereocenters. The van der Waals surface area contributed by atoms with Crippen LogP contribution < -0.4 is 0 Å². The molecule has 0 saturated carbocycles. The van der Waals surface area contributed by atoms with E-state index in [2.05, 4.69) is 49.6 Å². The SMILES string of the molecule is CC/C(Cl)=C\C=C(/CC)N1CCN(CC)C(C)C1. The summed E-state index contributed by atoms with van der Waals surface area (Å²) in [6.07, 6.45) is 6.23. The number of nitrogens with zero attached hydrogens (tertiary/aromatic N) is 2. The summed E-state index contributed by atoms with van der Waals surface area (Å²) in [5, 5.41) is 0.932. The first-order valence-corrected chi connectivity index (χ1v) is 7.54. The maximum absolute atomic E-state index is 6.07. The molecule has 0 radical (unpaired) electrons. The molecule has 0 N–H and O–H groups in total. The van der Waals surface area contributed by atoms with Crippen molar-refractivity contribution in [2.24, 2.45) is 0 Å². The lowest BCUT2D eigenvalue weighted by Gasteiger charge is -2.41. The van der Waals surface area contributed by atoms with E-state index >= 15 is 0 Å². The molecule has 1 rings (SSSR count). The van der Waals surface area contributed by atoms with E-state index in [1.54, 1.807) is 0 Å². The van der Waals surface area contributed by atoms with E-state index in [0.29, 0.717) is 6.04 Å². The Bertz CT molecular complexity index is 310. The first kappa shape index (κ1) is 15.6. The molecule has 0 aliphatic carbocycles. The van der Waals surface area contributed by atoms with Gasteiger partial charge in [0.2, 0.25) is 0 Å². The monoisotopic (exact) mass is 270 g/mol. The van der Waals surface area contributed by atoms with Crippen molar-refractivity contribution < 1.29 is 0 Å². The lowest BCUT2D eigenvalue weighted by atomic mass is 10.1. The van der Waals surface area contributed by atoms with Crippen LogP contribution in [0.3, 0.4) is 0 Å². The number of likely N-dealkylation sites (N-methyl/N-ethyl adjacent to an activating group) is 1. The van der Waals surface area contributed by atoms with Crippen LogP contribution in [0.5, 0.6) is 0 Å². The molecule has 18 heavy (non-hydrogen) atoms. The number of rotatable bonds is 5. The first-order valence-electron chi connectivity index (χ1n) is 7.16. The zero-order chi connectivity index (χ0) is 13.5. The van der Waals surface area contributed by atoms with E-state index in [0.717, 1.165) is 37.5 Å². The normalized spacial score (nSPS) is 23.6. The molecule has 1 atom stereocenters. The van der Waals surface area contributed by atoms with Gasteiger partial charge in [-0.2, -0.15) is 0 Å². The van der Waals surface area contributed by atoms with Crippen LogP contribution in [-0.4, -0.2) is 42.0 Å². The van der Waals surface area contributed by atoms with Crippen LogP contribution in [0.2, 0.25) is 0 Å². The zero-order valence-electron chi connectivity index (χ0n) is 12.2. The van der Waals surface area contributed by atoms with Gasteiger partial charge in [-0.1, -0.05) is 32.4 Å². The van der Waals surface area contributed by atoms with Crippen molar-refractivity contribution in [2.75, 3.05) is 26.2 Å². The van der Waals surface area contributed by atoms with Crippen molar-refractivity contribution in [1.82, 2.24) is 9.80 Å². The van der Waals surface area contributed by atoms with E-state index in [1.165, 1.54) is 12.2 Å². The first-order chi connectivity index (χ1) is 8.62. The minimum absolute atomic E-state index is 0.643. The number of hydrogen-bond donors (Lipinski definition) is 0. The molecular weight excluding hydrogens is 244 g/mol. The topological polar surface area (TPSA) is 6.48 Å². The summed E-state index contributed by atoms with van der Waals surface area (Å²) in [5.41, 5.74) is 1.41. The fourth-order valence-corrected chi connectivity index (χ4v) is 2.54. The Morgan fingerprint density at radius 1 is 1.17 bits per heavy atom. The van der Waals surface area contributed by atoms with Gasteiger partial charge < -0.3 is 4.90 Å². The molecule has 0 aromatic heterocycles. The minimum Gasteiger partial charge on any atom is -0.372 e. The number of halogens is 1. The highest BCUT2D eigenvalue weighted by molar-refractivity contribution is 6.29. The Labute approximate surface area is 117 Å². The van der Waals surface area contributed by atoms with E-state index < -0.39 is 0 Å². The van der Waals surface area contributed by atoms with Gasteiger partial charge in [-0.25, -0.2) is 0 Å². The van der Waals surface area contributed by atoms with Crippen molar-refractivity contribution >= 4 is 11.6 Å². The van der Waals surface area contributed by atoms with E-state index in [1.807, 2.05) is 0 Å². The van der Waals surface area contributed by atoms with Gasteiger partial charge in [0.1, 0.15) is 0 Å². The molecule has 3 heteroatoms. The Kier molecular flexibility index (Phi) is 6.80. The van der Waals surface area contributed by atoms with Crippen molar-refractivity contribution in [3.8, 4) is 0 Å². The average molecular weight is 271 g/mol. The second kappa shape index (κ2) is 7.85. The third-order valence-corrected chi connectivity index (χ3v) is 4.13. The van der Waals surface area contributed by atoms with Gasteiger partial charge in [-0.15, -0.1) is 0 Å². The summed E-state index contributed by atoms with van der Waals surface area (Å²) in [5.74, 6) is 0. The molecule has 104 valence electrons. The lowest BCUT2D eigenvalue weighted by molar-refractivity contribution is 0.108. The van der Waals surface area contributed by atoms with Gasteiger partial charge in [0, 0.05) is 36.4 Å². The fraction of sp³-hybridized carbons (Fsp3) is 0.733. The van der Waals surface area contributed by atoms with Gasteiger partial charge in [0.15, 0.2) is 0 Å². The Morgan fingerprint density at radius 3 is 2.39 bits per heavy atom. The van der Waals surface area contributed by atoms with Crippen LogP contribution in [-0.2, 0) is 0 Å². The van der Waals surface area contributed by atoms with Gasteiger partial charge in [0.25, 0.3) is 0 Å². The molecule has 1 heterocycles. The van der Waals surface area contributed by atoms with Crippen LogP contribution in [0.15, 0.2) is 22.9 Å². The van der Waals surface area contributed by atoms with Crippen molar-refractivity contribution in [3.05, 3.63) is 22.9 Å². The van der Waals surface area contributed by atoms with Crippen molar-refractivity contribution in [3.63, 3.8) is 0 Å². The van der Waals surface area contributed by atoms with Gasteiger partial charge in [0.05, 0.1) is 0 Å². The highest BCUT2D eigenvalue weighted by Crippen LogP contribution is 2.17. The third-order valence-electron chi connectivity index (χ3n) is 3.73.